The molecule has 0 heterocycles. The number of nitrogens with zero attached hydrogens (tertiary/aromatic N) is 1. The Balaban J connectivity index is 2.54. The van der Waals surface area contributed by atoms with E-state index in [1.165, 1.54) is 26.4 Å². The Hall–Kier alpha value is -2.54. The van der Waals surface area contributed by atoms with Gasteiger partial charge in [0, 0.05) is 5.92 Å². The summed E-state index contributed by atoms with van der Waals surface area (Å²) >= 11 is 0. The van der Waals surface area contributed by atoms with Crippen LogP contribution >= 0.6 is 0 Å². The number of carbonyl (C=O) groups excluding carboxylic acids is 1. The number of carbonyl (C=O) groups is 1. The highest BCUT2D eigenvalue weighted by Crippen LogP contribution is 2.28. The van der Waals surface area contributed by atoms with Crippen molar-refractivity contribution >= 4 is 21.6 Å². The number of hydrogen-bond acceptors (Lipinski definition) is 5. The van der Waals surface area contributed by atoms with Gasteiger partial charge in [0.1, 0.15) is 11.5 Å². The van der Waals surface area contributed by atoms with Gasteiger partial charge in [-0.25, -0.2) is 12.7 Å². The molecule has 134 valence electrons. The highest BCUT2D eigenvalue weighted by atomic mass is 32.2. The van der Waals surface area contributed by atoms with E-state index in [2.05, 4.69) is 0 Å². The minimum Gasteiger partial charge on any atom is -0.497 e. The fourth-order valence-corrected chi connectivity index (χ4v) is 3.73. The van der Waals surface area contributed by atoms with E-state index >= 15 is 0 Å². The van der Waals surface area contributed by atoms with Gasteiger partial charge in [-0.05, 0) is 48.5 Å². The molecular weight excluding hydrogens is 342 g/mol. The van der Waals surface area contributed by atoms with Crippen molar-refractivity contribution < 1.29 is 22.7 Å². The lowest BCUT2D eigenvalue weighted by atomic mass is 10.2. The average Bonchev–Trinajstić information content (AvgIpc) is 2.62. The zero-order valence-electron chi connectivity index (χ0n) is 14.6. The number of ether oxygens (including phenoxy) is 2. The molecule has 0 bridgehead atoms. The number of amides is 1. The summed E-state index contributed by atoms with van der Waals surface area (Å²) in [4.78, 5) is 12.6. The molecular formula is C18H21NO5S. The van der Waals surface area contributed by atoms with E-state index < -0.39 is 21.8 Å². The third-order valence-electron chi connectivity index (χ3n) is 3.60. The van der Waals surface area contributed by atoms with E-state index in [-0.39, 0.29) is 10.6 Å². The monoisotopic (exact) mass is 363 g/mol. The van der Waals surface area contributed by atoms with Crippen LogP contribution in [0.5, 0.6) is 11.5 Å². The smallest absolute Gasteiger partial charge is 0.270 e. The van der Waals surface area contributed by atoms with E-state index in [0.29, 0.717) is 11.5 Å². The lowest BCUT2D eigenvalue weighted by Gasteiger charge is -2.24. The standard InChI is InChI=1S/C18H21NO5S/c1-13(2)18(20)19(14-5-7-15(23-3)8-6-14)25(21,22)17-11-9-16(24-4)10-12-17/h5-13H,1-4H3. The average molecular weight is 363 g/mol. The maximum absolute atomic E-state index is 13.1. The van der Waals surface area contributed by atoms with Crippen molar-refractivity contribution in [3.8, 4) is 11.5 Å². The van der Waals surface area contributed by atoms with Crippen molar-refractivity contribution in [1.29, 1.82) is 0 Å². The van der Waals surface area contributed by atoms with Crippen LogP contribution in [0.15, 0.2) is 53.4 Å². The second kappa shape index (κ2) is 7.57. The van der Waals surface area contributed by atoms with Gasteiger partial charge in [-0.15, -0.1) is 0 Å². The number of sulfonamides is 1. The molecule has 25 heavy (non-hydrogen) atoms. The summed E-state index contributed by atoms with van der Waals surface area (Å²) in [5.41, 5.74) is 0.260. The number of rotatable bonds is 6. The van der Waals surface area contributed by atoms with Gasteiger partial charge in [0.15, 0.2) is 0 Å². The van der Waals surface area contributed by atoms with Crippen LogP contribution in [0.4, 0.5) is 5.69 Å². The molecule has 2 rings (SSSR count). The summed E-state index contributed by atoms with van der Waals surface area (Å²) < 4.78 is 37.1. The van der Waals surface area contributed by atoms with Crippen LogP contribution in [0.1, 0.15) is 13.8 Å². The fraction of sp³-hybridized carbons (Fsp3) is 0.278. The highest BCUT2D eigenvalue weighted by Gasteiger charge is 2.32. The first-order valence-electron chi connectivity index (χ1n) is 7.68. The van der Waals surface area contributed by atoms with Crippen LogP contribution in [0, 0.1) is 5.92 Å². The lowest BCUT2D eigenvalue weighted by molar-refractivity contribution is -0.120. The summed E-state index contributed by atoms with van der Waals surface area (Å²) in [6.45, 7) is 3.31. The Labute approximate surface area is 148 Å². The molecule has 0 N–H and O–H groups in total. The van der Waals surface area contributed by atoms with Crippen molar-refractivity contribution in [3.05, 3.63) is 48.5 Å². The summed E-state index contributed by atoms with van der Waals surface area (Å²) in [5.74, 6) is 0.101. The van der Waals surface area contributed by atoms with Crippen LogP contribution in [0.3, 0.4) is 0 Å². The van der Waals surface area contributed by atoms with Gasteiger partial charge in [-0.1, -0.05) is 13.8 Å². The molecule has 2 aromatic carbocycles. The van der Waals surface area contributed by atoms with E-state index in [9.17, 15) is 13.2 Å². The Morgan fingerprint density at radius 2 is 1.32 bits per heavy atom. The lowest BCUT2D eigenvalue weighted by Crippen LogP contribution is -2.39. The maximum atomic E-state index is 13.1. The number of hydrogen-bond donors (Lipinski definition) is 0. The molecule has 0 spiro atoms. The normalized spacial score (nSPS) is 11.2. The molecule has 0 atom stereocenters. The molecule has 0 aliphatic heterocycles. The largest absolute Gasteiger partial charge is 0.497 e. The van der Waals surface area contributed by atoms with E-state index in [4.69, 9.17) is 9.47 Å². The van der Waals surface area contributed by atoms with Crippen LogP contribution in [-0.2, 0) is 14.8 Å². The molecule has 0 aliphatic carbocycles. The molecule has 7 heteroatoms. The minimum absolute atomic E-state index is 0.0121. The van der Waals surface area contributed by atoms with Crippen LogP contribution < -0.4 is 13.8 Å². The molecule has 0 aliphatic rings. The Morgan fingerprint density at radius 3 is 1.72 bits per heavy atom. The summed E-state index contributed by atoms with van der Waals surface area (Å²) in [7, 11) is -1.05. The topological polar surface area (TPSA) is 72.9 Å². The van der Waals surface area contributed by atoms with Gasteiger partial charge >= 0.3 is 0 Å². The molecule has 0 unspecified atom stereocenters. The van der Waals surface area contributed by atoms with Gasteiger partial charge < -0.3 is 9.47 Å². The summed E-state index contributed by atoms with van der Waals surface area (Å²) in [6, 6.07) is 12.2. The van der Waals surface area contributed by atoms with Crippen LogP contribution in [0.25, 0.3) is 0 Å². The Morgan fingerprint density at radius 1 is 0.880 bits per heavy atom. The maximum Gasteiger partial charge on any atom is 0.270 e. The first-order chi connectivity index (χ1) is 11.8. The zero-order chi connectivity index (χ0) is 18.6. The van der Waals surface area contributed by atoms with Gasteiger partial charge in [0.2, 0.25) is 5.91 Å². The molecule has 0 radical (unpaired) electrons. The number of benzene rings is 2. The first kappa shape index (κ1) is 18.8. The van der Waals surface area contributed by atoms with Crippen molar-refractivity contribution in [2.75, 3.05) is 18.5 Å². The first-order valence-corrected chi connectivity index (χ1v) is 9.12. The van der Waals surface area contributed by atoms with Gasteiger partial charge in [0.25, 0.3) is 10.0 Å². The molecule has 0 fully saturated rings. The molecule has 0 aromatic heterocycles. The third kappa shape index (κ3) is 3.93. The third-order valence-corrected chi connectivity index (χ3v) is 5.34. The second-order valence-corrected chi connectivity index (χ2v) is 7.42. The molecule has 2 aromatic rings. The zero-order valence-corrected chi connectivity index (χ0v) is 15.4. The quantitative estimate of drug-likeness (QED) is 0.789. The number of methoxy groups -OCH3 is 2. The Bertz CT molecular complexity index is 827. The predicted octanol–water partition coefficient (Wildman–Crippen LogP) is 3.08. The predicted molar refractivity (Wildman–Crippen MR) is 95.5 cm³/mol. The van der Waals surface area contributed by atoms with Gasteiger partial charge in [-0.3, -0.25) is 4.79 Å². The minimum atomic E-state index is -4.06. The van der Waals surface area contributed by atoms with Crippen molar-refractivity contribution in [3.63, 3.8) is 0 Å². The second-order valence-electron chi connectivity index (χ2n) is 5.64. The van der Waals surface area contributed by atoms with Crippen LogP contribution in [0.2, 0.25) is 0 Å². The van der Waals surface area contributed by atoms with E-state index in [0.717, 1.165) is 4.31 Å². The van der Waals surface area contributed by atoms with E-state index in [1.807, 2.05) is 0 Å². The highest BCUT2D eigenvalue weighted by molar-refractivity contribution is 7.93. The molecule has 6 nitrogen and oxygen atoms in total. The molecule has 0 saturated heterocycles. The van der Waals surface area contributed by atoms with Gasteiger partial charge in [0.05, 0.1) is 24.8 Å². The molecule has 1 amide bonds. The van der Waals surface area contributed by atoms with Crippen LogP contribution in [-0.4, -0.2) is 28.5 Å². The van der Waals surface area contributed by atoms with Gasteiger partial charge in [-0.2, -0.15) is 0 Å². The number of anilines is 1. The Kier molecular flexibility index (Phi) is 5.69. The summed E-state index contributed by atoms with van der Waals surface area (Å²) in [6.07, 6.45) is 0. The van der Waals surface area contributed by atoms with E-state index in [1.54, 1.807) is 50.2 Å². The molecule has 0 saturated carbocycles. The fourth-order valence-electron chi connectivity index (χ4n) is 2.19. The van der Waals surface area contributed by atoms with Crippen molar-refractivity contribution in [1.82, 2.24) is 0 Å². The van der Waals surface area contributed by atoms with Crippen molar-refractivity contribution in [2.45, 2.75) is 18.7 Å². The SMILES string of the molecule is COc1ccc(N(C(=O)C(C)C)S(=O)(=O)c2ccc(OC)cc2)cc1. The summed E-state index contributed by atoms with van der Waals surface area (Å²) in [5, 5.41) is 0. The van der Waals surface area contributed by atoms with Crippen molar-refractivity contribution in [2.24, 2.45) is 5.92 Å².